The van der Waals surface area contributed by atoms with Gasteiger partial charge in [-0.2, -0.15) is 5.10 Å². The van der Waals surface area contributed by atoms with Crippen molar-refractivity contribution in [3.63, 3.8) is 0 Å². The zero-order valence-corrected chi connectivity index (χ0v) is 18.8. The Morgan fingerprint density at radius 2 is 1.97 bits per heavy atom. The number of aryl methyl sites for hydroxylation is 1. The van der Waals surface area contributed by atoms with Crippen molar-refractivity contribution >= 4 is 33.3 Å². The lowest BCUT2D eigenvalue weighted by molar-refractivity contribution is 0.102. The second-order valence-electron chi connectivity index (χ2n) is 7.67. The molecule has 3 aromatic heterocycles. The standard InChI is InChI=1S/C25H18FN5O2S/c1-15-12-17(24-29-21-6-3-11-27-25(21)34-24)7-8-19(15)28-23(33)20-9-10-22(32)31(30-20)14-16-4-2-5-18(26)13-16/h2-13H,14H2,1H3,(H,28,33). The first kappa shape index (κ1) is 21.6. The van der Waals surface area contributed by atoms with Gasteiger partial charge in [-0.25, -0.2) is 19.0 Å². The van der Waals surface area contributed by atoms with E-state index < -0.39 is 11.7 Å². The van der Waals surface area contributed by atoms with Gasteiger partial charge >= 0.3 is 0 Å². The predicted molar refractivity (Wildman–Crippen MR) is 130 cm³/mol. The van der Waals surface area contributed by atoms with Crippen molar-refractivity contribution in [2.45, 2.75) is 13.5 Å². The number of halogens is 1. The summed E-state index contributed by atoms with van der Waals surface area (Å²) in [6, 6.07) is 18.0. The summed E-state index contributed by atoms with van der Waals surface area (Å²) in [7, 11) is 0. The predicted octanol–water partition coefficient (Wildman–Crippen LogP) is 4.66. The van der Waals surface area contributed by atoms with E-state index in [1.54, 1.807) is 18.3 Å². The molecule has 0 radical (unpaired) electrons. The van der Waals surface area contributed by atoms with E-state index in [-0.39, 0.29) is 17.8 Å². The van der Waals surface area contributed by atoms with Crippen molar-refractivity contribution in [2.75, 3.05) is 5.32 Å². The van der Waals surface area contributed by atoms with E-state index in [1.807, 2.05) is 37.3 Å². The monoisotopic (exact) mass is 471 g/mol. The lowest BCUT2D eigenvalue weighted by atomic mass is 10.1. The molecule has 0 aliphatic rings. The molecule has 0 saturated carbocycles. The molecular weight excluding hydrogens is 453 g/mol. The van der Waals surface area contributed by atoms with Crippen LogP contribution < -0.4 is 10.9 Å². The molecule has 1 N–H and O–H groups in total. The first-order valence-electron chi connectivity index (χ1n) is 10.4. The van der Waals surface area contributed by atoms with E-state index in [9.17, 15) is 14.0 Å². The second-order valence-corrected chi connectivity index (χ2v) is 8.65. The maximum Gasteiger partial charge on any atom is 0.276 e. The average Bonchev–Trinajstić information content (AvgIpc) is 3.26. The smallest absolute Gasteiger partial charge is 0.276 e. The average molecular weight is 472 g/mol. The summed E-state index contributed by atoms with van der Waals surface area (Å²) in [5.41, 5.74) is 3.52. The lowest BCUT2D eigenvalue weighted by Gasteiger charge is -2.11. The Labute approximate surface area is 197 Å². The highest BCUT2D eigenvalue weighted by molar-refractivity contribution is 7.21. The van der Waals surface area contributed by atoms with E-state index in [1.165, 1.54) is 35.6 Å². The molecule has 5 rings (SSSR count). The van der Waals surface area contributed by atoms with Gasteiger partial charge in [-0.05, 0) is 66.6 Å². The third kappa shape index (κ3) is 4.46. The second kappa shape index (κ2) is 8.95. The number of hydrogen-bond acceptors (Lipinski definition) is 6. The van der Waals surface area contributed by atoms with Crippen LogP contribution in [0.1, 0.15) is 21.6 Å². The van der Waals surface area contributed by atoms with Gasteiger partial charge in [0.2, 0.25) is 0 Å². The Hall–Kier alpha value is -4.24. The van der Waals surface area contributed by atoms with Crippen LogP contribution in [0.3, 0.4) is 0 Å². The highest BCUT2D eigenvalue weighted by Gasteiger charge is 2.13. The molecule has 34 heavy (non-hydrogen) atoms. The largest absolute Gasteiger partial charge is 0.320 e. The van der Waals surface area contributed by atoms with E-state index >= 15 is 0 Å². The van der Waals surface area contributed by atoms with Crippen LogP contribution in [0, 0.1) is 12.7 Å². The molecule has 0 aliphatic heterocycles. The molecule has 1 amide bonds. The van der Waals surface area contributed by atoms with Crippen molar-refractivity contribution < 1.29 is 9.18 Å². The Morgan fingerprint density at radius 1 is 1.09 bits per heavy atom. The van der Waals surface area contributed by atoms with Crippen molar-refractivity contribution in [3.05, 3.63) is 106 Å². The molecule has 5 aromatic rings. The molecule has 2 aromatic carbocycles. The van der Waals surface area contributed by atoms with Crippen LogP contribution in [0.5, 0.6) is 0 Å². The maximum absolute atomic E-state index is 13.5. The molecule has 9 heteroatoms. The summed E-state index contributed by atoms with van der Waals surface area (Å²) in [6.45, 7) is 1.95. The molecule has 0 atom stereocenters. The lowest BCUT2D eigenvalue weighted by Crippen LogP contribution is -2.26. The van der Waals surface area contributed by atoms with Crippen LogP contribution in [-0.4, -0.2) is 25.7 Å². The fraction of sp³-hybridized carbons (Fsp3) is 0.0800. The van der Waals surface area contributed by atoms with E-state index in [0.29, 0.717) is 11.3 Å². The van der Waals surface area contributed by atoms with Gasteiger partial charge in [0.15, 0.2) is 0 Å². The highest BCUT2D eigenvalue weighted by Crippen LogP contribution is 2.31. The summed E-state index contributed by atoms with van der Waals surface area (Å²) in [5.74, 6) is -0.853. The van der Waals surface area contributed by atoms with Crippen molar-refractivity contribution in [1.82, 2.24) is 19.7 Å². The van der Waals surface area contributed by atoms with Gasteiger partial charge in [0, 0.05) is 23.5 Å². The number of amides is 1. The number of carbonyl (C=O) groups excluding carboxylic acids is 1. The summed E-state index contributed by atoms with van der Waals surface area (Å²) in [6.07, 6.45) is 1.74. The van der Waals surface area contributed by atoms with Crippen molar-refractivity contribution in [2.24, 2.45) is 0 Å². The first-order valence-corrected chi connectivity index (χ1v) is 11.2. The fourth-order valence-electron chi connectivity index (χ4n) is 3.51. The zero-order valence-electron chi connectivity index (χ0n) is 18.0. The van der Waals surface area contributed by atoms with E-state index in [4.69, 9.17) is 0 Å². The van der Waals surface area contributed by atoms with Crippen LogP contribution in [-0.2, 0) is 6.54 Å². The van der Waals surface area contributed by atoms with Gasteiger partial charge in [-0.3, -0.25) is 9.59 Å². The highest BCUT2D eigenvalue weighted by atomic mass is 32.1. The van der Waals surface area contributed by atoms with Gasteiger partial charge in [0.25, 0.3) is 11.5 Å². The maximum atomic E-state index is 13.5. The van der Waals surface area contributed by atoms with Crippen molar-refractivity contribution in [1.29, 1.82) is 0 Å². The third-order valence-electron chi connectivity index (χ3n) is 5.21. The number of carbonyl (C=O) groups is 1. The molecule has 0 unspecified atom stereocenters. The van der Waals surface area contributed by atoms with Gasteiger partial charge in [-0.15, -0.1) is 0 Å². The van der Waals surface area contributed by atoms with Crippen LogP contribution in [0.15, 0.2) is 77.7 Å². The Kier molecular flexibility index (Phi) is 5.69. The summed E-state index contributed by atoms with van der Waals surface area (Å²) >= 11 is 1.50. The molecule has 0 saturated heterocycles. The number of anilines is 1. The Morgan fingerprint density at radius 3 is 2.76 bits per heavy atom. The summed E-state index contributed by atoms with van der Waals surface area (Å²) in [5, 5.41) is 7.86. The minimum absolute atomic E-state index is 0.0580. The number of nitrogens with zero attached hydrogens (tertiary/aromatic N) is 4. The number of hydrogen-bond donors (Lipinski definition) is 1. The van der Waals surface area contributed by atoms with Gasteiger partial charge < -0.3 is 5.32 Å². The molecule has 0 spiro atoms. The molecule has 7 nitrogen and oxygen atoms in total. The zero-order chi connectivity index (χ0) is 23.7. The Bertz CT molecular complexity index is 1560. The minimum Gasteiger partial charge on any atom is -0.320 e. The Balaban J connectivity index is 1.36. The van der Waals surface area contributed by atoms with E-state index in [2.05, 4.69) is 20.4 Å². The molecule has 168 valence electrons. The molecular formula is C25H18FN5O2S. The number of pyridine rings is 1. The quantitative estimate of drug-likeness (QED) is 0.403. The normalized spacial score (nSPS) is 11.0. The number of nitrogens with one attached hydrogen (secondary N) is 1. The topological polar surface area (TPSA) is 89.8 Å². The number of fused-ring (bicyclic) bond motifs is 1. The SMILES string of the molecule is Cc1cc(-c2nc3cccnc3s2)ccc1NC(=O)c1ccc(=O)n(Cc2cccc(F)c2)n1. The molecule has 3 heterocycles. The summed E-state index contributed by atoms with van der Waals surface area (Å²) in [4.78, 5) is 34.9. The van der Waals surface area contributed by atoms with Crippen LogP contribution >= 0.6 is 11.3 Å². The van der Waals surface area contributed by atoms with Gasteiger partial charge in [0.05, 0.1) is 6.54 Å². The van der Waals surface area contributed by atoms with E-state index in [0.717, 1.165) is 31.2 Å². The number of rotatable bonds is 5. The van der Waals surface area contributed by atoms with Gasteiger partial charge in [-0.1, -0.05) is 23.5 Å². The summed E-state index contributed by atoms with van der Waals surface area (Å²) < 4.78 is 14.6. The fourth-order valence-corrected chi connectivity index (χ4v) is 4.41. The van der Waals surface area contributed by atoms with Crippen LogP contribution in [0.2, 0.25) is 0 Å². The minimum atomic E-state index is -0.451. The van der Waals surface area contributed by atoms with Crippen LogP contribution in [0.25, 0.3) is 20.9 Å². The van der Waals surface area contributed by atoms with Gasteiger partial charge in [0.1, 0.15) is 26.9 Å². The number of benzene rings is 2. The van der Waals surface area contributed by atoms with Crippen LogP contribution in [0.4, 0.5) is 10.1 Å². The first-order chi connectivity index (χ1) is 16.5. The number of aromatic nitrogens is 4. The third-order valence-corrected chi connectivity index (χ3v) is 6.24. The molecule has 0 bridgehead atoms. The number of thiazole rings is 1. The molecule has 0 fully saturated rings. The molecule has 0 aliphatic carbocycles. The van der Waals surface area contributed by atoms with Crippen molar-refractivity contribution in [3.8, 4) is 10.6 Å².